The van der Waals surface area contributed by atoms with Gasteiger partial charge in [-0.25, -0.2) is 13.4 Å². The van der Waals surface area contributed by atoms with E-state index in [1.54, 1.807) is 12.0 Å². The number of hydrogen-bond donors (Lipinski definition) is 3. The van der Waals surface area contributed by atoms with Crippen LogP contribution < -0.4 is 24.8 Å². The van der Waals surface area contributed by atoms with Crippen molar-refractivity contribution < 1.29 is 32.3 Å². The molecule has 2 aliphatic heterocycles. The van der Waals surface area contributed by atoms with E-state index in [1.807, 2.05) is 61.5 Å². The van der Waals surface area contributed by atoms with Crippen LogP contribution in [0.5, 0.6) is 10.9 Å². The van der Waals surface area contributed by atoms with Gasteiger partial charge in [-0.15, -0.1) is 0 Å². The number of benzene rings is 2. The Kier molecular flexibility index (Phi) is 9.50. The maximum atomic E-state index is 14.5. The first-order valence-corrected chi connectivity index (χ1v) is 19.7. The Morgan fingerprint density at radius 3 is 2.74 bits per heavy atom. The molecule has 1 aromatic heterocycles. The van der Waals surface area contributed by atoms with Crippen molar-refractivity contribution in [3.8, 4) is 10.9 Å². The van der Waals surface area contributed by atoms with Gasteiger partial charge in [0.1, 0.15) is 29.5 Å². The van der Waals surface area contributed by atoms with Gasteiger partial charge in [0.15, 0.2) is 0 Å². The highest BCUT2D eigenvalue weighted by Crippen LogP contribution is 2.46. The number of aryl methyl sites for hydroxylation is 1. The van der Waals surface area contributed by atoms with Gasteiger partial charge in [0, 0.05) is 24.1 Å². The molecule has 2 saturated carbocycles. The molecule has 3 aromatic rings. The number of ether oxygens (including phenoxy) is 2. The van der Waals surface area contributed by atoms with Gasteiger partial charge in [-0.3, -0.25) is 19.1 Å². The Labute approximate surface area is 296 Å². The molecule has 3 N–H and O–H groups in total. The van der Waals surface area contributed by atoms with Crippen LogP contribution >= 0.6 is 11.3 Å². The standard InChI is InChI=1S/C36H43N5O7S2/c1-22-13-16-28-31(17-22)49-35(38-28)48-26-19-30-32(42)39-36(34(44)40-50(45,46)27-14-15-27)20-23(36)9-6-4-3-5-7-12-29(33(43)41(30)21-26)37-24-10-8-11-25(18-24)47-2/h6,8-11,13,16-18,23,26-27,29-30,37H,3-5,7,12,14-15,19-21H2,1-2H3,(H,39,42)(H,40,44)/b9-6-/t23-,26+,29-,30-,36+/m0/s1. The number of nitrogens with one attached hydrogen (secondary N) is 3. The number of nitrogens with zero attached hydrogens (tertiary/aromatic N) is 2. The van der Waals surface area contributed by atoms with Crippen LogP contribution in [0.1, 0.15) is 63.4 Å². The number of fused-ring (bicyclic) bond motifs is 3. The number of anilines is 1. The number of amides is 3. The Morgan fingerprint density at radius 1 is 1.10 bits per heavy atom. The van der Waals surface area contributed by atoms with E-state index in [-0.39, 0.29) is 31.2 Å². The lowest BCUT2D eigenvalue weighted by Crippen LogP contribution is -2.57. The maximum absolute atomic E-state index is 14.5. The second-order valence-corrected chi connectivity index (χ2v) is 16.8. The van der Waals surface area contributed by atoms with Crippen molar-refractivity contribution in [1.29, 1.82) is 0 Å². The van der Waals surface area contributed by atoms with Gasteiger partial charge >= 0.3 is 0 Å². The second-order valence-electron chi connectivity index (χ2n) is 13.9. The first kappa shape index (κ1) is 34.3. The fourth-order valence-corrected chi connectivity index (χ4v) is 9.31. The Hall–Kier alpha value is -4.17. The zero-order chi connectivity index (χ0) is 35.0. The normalized spacial score (nSPS) is 28.0. The molecule has 0 radical (unpaired) electrons. The van der Waals surface area contributed by atoms with Crippen LogP contribution in [-0.2, 0) is 24.4 Å². The molecule has 5 atom stereocenters. The lowest BCUT2D eigenvalue weighted by molar-refractivity contribution is -0.140. The van der Waals surface area contributed by atoms with Gasteiger partial charge in [0.2, 0.25) is 21.8 Å². The van der Waals surface area contributed by atoms with E-state index < -0.39 is 50.8 Å². The van der Waals surface area contributed by atoms with Crippen molar-refractivity contribution >= 4 is 55.0 Å². The van der Waals surface area contributed by atoms with Crippen LogP contribution in [-0.4, -0.2) is 78.7 Å². The molecule has 7 rings (SSSR count). The molecule has 266 valence electrons. The fourth-order valence-electron chi connectivity index (χ4n) is 6.97. The van der Waals surface area contributed by atoms with Crippen molar-refractivity contribution in [1.82, 2.24) is 19.9 Å². The molecule has 14 heteroatoms. The molecule has 2 aromatic carbocycles. The SMILES string of the molecule is COc1cccc(N[C@H]2CCCCC/C=C\[C@H]3C[C@@]3(C(=O)NS(=O)(=O)C3CC3)NC(=O)[C@@H]3C[C@@H](Oc4nc5ccc(C)cc5s4)CN3C2=O)c1. The molecule has 3 fully saturated rings. The lowest BCUT2D eigenvalue weighted by atomic mass is 10.0. The number of carbonyl (C=O) groups excluding carboxylic acids is 3. The van der Waals surface area contributed by atoms with E-state index in [0.717, 1.165) is 47.2 Å². The minimum absolute atomic E-state index is 0.140. The number of allylic oxidation sites excluding steroid dienone is 1. The zero-order valence-electron chi connectivity index (χ0n) is 28.2. The van der Waals surface area contributed by atoms with Gasteiger partial charge in [-0.05, 0) is 75.3 Å². The third kappa shape index (κ3) is 7.32. The van der Waals surface area contributed by atoms with E-state index in [2.05, 4.69) is 20.3 Å². The fraction of sp³-hybridized carbons (Fsp3) is 0.500. The van der Waals surface area contributed by atoms with Crippen molar-refractivity contribution in [3.05, 3.63) is 60.2 Å². The topological polar surface area (TPSA) is 156 Å². The van der Waals surface area contributed by atoms with Crippen LogP contribution in [0.15, 0.2) is 54.6 Å². The molecule has 0 spiro atoms. The summed E-state index contributed by atoms with van der Waals surface area (Å²) in [4.78, 5) is 48.7. The molecule has 3 amide bonds. The summed E-state index contributed by atoms with van der Waals surface area (Å²) in [5.74, 6) is -1.22. The second kappa shape index (κ2) is 13.9. The van der Waals surface area contributed by atoms with E-state index in [4.69, 9.17) is 9.47 Å². The molecule has 2 aliphatic carbocycles. The van der Waals surface area contributed by atoms with Crippen LogP contribution in [0.25, 0.3) is 10.2 Å². The van der Waals surface area contributed by atoms with E-state index in [1.165, 1.54) is 11.3 Å². The maximum Gasteiger partial charge on any atom is 0.274 e. The molecular formula is C36H43N5O7S2. The minimum atomic E-state index is -3.84. The number of sulfonamides is 1. The first-order valence-electron chi connectivity index (χ1n) is 17.3. The van der Waals surface area contributed by atoms with Crippen LogP contribution in [0.2, 0.25) is 0 Å². The quantitative estimate of drug-likeness (QED) is 0.286. The summed E-state index contributed by atoms with van der Waals surface area (Å²) in [7, 11) is -2.25. The summed E-state index contributed by atoms with van der Waals surface area (Å²) in [5.41, 5.74) is 1.20. The average molecular weight is 722 g/mol. The monoisotopic (exact) mass is 721 g/mol. The number of thiazole rings is 1. The predicted octanol–water partition coefficient (Wildman–Crippen LogP) is 4.45. The van der Waals surface area contributed by atoms with E-state index in [0.29, 0.717) is 30.2 Å². The van der Waals surface area contributed by atoms with Crippen LogP contribution in [0, 0.1) is 12.8 Å². The number of carbonyl (C=O) groups is 3. The summed E-state index contributed by atoms with van der Waals surface area (Å²) >= 11 is 1.41. The lowest BCUT2D eigenvalue weighted by Gasteiger charge is -2.30. The smallest absolute Gasteiger partial charge is 0.274 e. The molecule has 3 heterocycles. The van der Waals surface area contributed by atoms with Crippen LogP contribution in [0.3, 0.4) is 0 Å². The van der Waals surface area contributed by atoms with Crippen molar-refractivity contribution in [2.45, 2.75) is 93.7 Å². The zero-order valence-corrected chi connectivity index (χ0v) is 29.9. The average Bonchev–Trinajstić information content (AvgIpc) is 3.98. The van der Waals surface area contributed by atoms with Crippen molar-refractivity contribution in [2.75, 3.05) is 19.0 Å². The number of aromatic nitrogens is 1. The molecule has 1 saturated heterocycles. The molecule has 50 heavy (non-hydrogen) atoms. The minimum Gasteiger partial charge on any atom is -0.497 e. The molecular weight excluding hydrogens is 679 g/mol. The summed E-state index contributed by atoms with van der Waals surface area (Å²) in [6.45, 7) is 2.15. The highest BCUT2D eigenvalue weighted by atomic mass is 32.2. The third-order valence-electron chi connectivity index (χ3n) is 10.0. The highest BCUT2D eigenvalue weighted by Gasteiger charge is 2.62. The predicted molar refractivity (Wildman–Crippen MR) is 191 cm³/mol. The van der Waals surface area contributed by atoms with E-state index >= 15 is 0 Å². The molecule has 12 nitrogen and oxygen atoms in total. The van der Waals surface area contributed by atoms with Gasteiger partial charge in [0.05, 0.1) is 29.1 Å². The van der Waals surface area contributed by atoms with Crippen molar-refractivity contribution in [3.63, 3.8) is 0 Å². The summed E-state index contributed by atoms with van der Waals surface area (Å²) in [6, 6.07) is 11.7. The summed E-state index contributed by atoms with van der Waals surface area (Å²) < 4.78 is 40.6. The summed E-state index contributed by atoms with van der Waals surface area (Å²) in [5, 5.41) is 6.20. The van der Waals surface area contributed by atoms with Crippen molar-refractivity contribution in [2.24, 2.45) is 5.92 Å². The Morgan fingerprint density at radius 2 is 1.94 bits per heavy atom. The first-order chi connectivity index (χ1) is 24.0. The number of rotatable bonds is 8. The van der Waals surface area contributed by atoms with Gasteiger partial charge < -0.3 is 25.0 Å². The van der Waals surface area contributed by atoms with Gasteiger partial charge in [-0.2, -0.15) is 0 Å². The summed E-state index contributed by atoms with van der Waals surface area (Å²) in [6.07, 6.45) is 8.69. The Balaban J connectivity index is 1.18. The molecule has 0 unspecified atom stereocenters. The third-order valence-corrected chi connectivity index (χ3v) is 12.8. The Bertz CT molecular complexity index is 1930. The van der Waals surface area contributed by atoms with Crippen LogP contribution in [0.4, 0.5) is 5.69 Å². The molecule has 4 aliphatic rings. The number of methoxy groups -OCH3 is 1. The van der Waals surface area contributed by atoms with Gasteiger partial charge in [-0.1, -0.05) is 48.5 Å². The number of hydrogen-bond acceptors (Lipinski definition) is 10. The molecule has 0 bridgehead atoms. The highest BCUT2D eigenvalue weighted by molar-refractivity contribution is 7.91. The van der Waals surface area contributed by atoms with E-state index in [9.17, 15) is 22.8 Å². The van der Waals surface area contributed by atoms with Gasteiger partial charge in [0.25, 0.3) is 11.1 Å². The largest absolute Gasteiger partial charge is 0.497 e.